The normalized spacial score (nSPS) is 14.2. The summed E-state index contributed by atoms with van der Waals surface area (Å²) in [7, 11) is 0. The van der Waals surface area contributed by atoms with Crippen LogP contribution in [-0.2, 0) is 0 Å². The zero-order valence-electron chi connectivity index (χ0n) is 10.0. The summed E-state index contributed by atoms with van der Waals surface area (Å²) in [5.41, 5.74) is 7.50. The van der Waals surface area contributed by atoms with Gasteiger partial charge in [0.15, 0.2) is 0 Å². The van der Waals surface area contributed by atoms with E-state index in [-0.39, 0.29) is 11.5 Å². The van der Waals surface area contributed by atoms with Crippen molar-refractivity contribution in [1.82, 2.24) is 4.98 Å². The van der Waals surface area contributed by atoms with Crippen molar-refractivity contribution in [3.8, 4) is 0 Å². The number of nitrogens with two attached hydrogens (primary N) is 1. The third kappa shape index (κ3) is 2.60. The van der Waals surface area contributed by atoms with Crippen LogP contribution in [0.3, 0.4) is 0 Å². The largest absolute Gasteiger partial charge is 0.322 e. The molecule has 3 heteroatoms. The first kappa shape index (κ1) is 11.6. The molecule has 1 aromatic carbocycles. The molecule has 0 saturated carbocycles. The number of nitrogens with zero attached hydrogens (tertiary/aromatic N) is 1. The lowest BCUT2D eigenvalue weighted by molar-refractivity contribution is 0.342. The SMILES string of the molecule is CC(C)(C)CC(N)c1nc2ccccc2s1. The van der Waals surface area contributed by atoms with Crippen LogP contribution in [0.1, 0.15) is 38.2 Å². The predicted octanol–water partition coefficient (Wildman–Crippen LogP) is 3.73. The van der Waals surface area contributed by atoms with Gasteiger partial charge in [0.1, 0.15) is 5.01 Å². The van der Waals surface area contributed by atoms with E-state index in [4.69, 9.17) is 5.73 Å². The van der Waals surface area contributed by atoms with Gasteiger partial charge >= 0.3 is 0 Å². The van der Waals surface area contributed by atoms with Gasteiger partial charge in [-0.1, -0.05) is 32.9 Å². The summed E-state index contributed by atoms with van der Waals surface area (Å²) in [6, 6.07) is 8.25. The Bertz CT molecular complexity index is 449. The third-order valence-corrected chi connectivity index (χ3v) is 3.63. The Kier molecular flexibility index (Phi) is 3.00. The predicted molar refractivity (Wildman–Crippen MR) is 70.6 cm³/mol. The molecule has 0 aliphatic carbocycles. The smallest absolute Gasteiger partial charge is 0.111 e. The van der Waals surface area contributed by atoms with Gasteiger partial charge in [-0.25, -0.2) is 4.98 Å². The summed E-state index contributed by atoms with van der Waals surface area (Å²) in [5, 5.41) is 1.05. The fourth-order valence-electron chi connectivity index (χ4n) is 1.80. The van der Waals surface area contributed by atoms with Crippen LogP contribution >= 0.6 is 11.3 Å². The van der Waals surface area contributed by atoms with E-state index in [0.717, 1.165) is 16.9 Å². The fraction of sp³-hybridized carbons (Fsp3) is 0.462. The molecule has 86 valence electrons. The molecule has 0 saturated heterocycles. The van der Waals surface area contributed by atoms with E-state index in [1.165, 1.54) is 4.70 Å². The Hall–Kier alpha value is -0.930. The number of hydrogen-bond donors (Lipinski definition) is 1. The Labute approximate surface area is 101 Å². The fourth-order valence-corrected chi connectivity index (χ4v) is 2.76. The minimum Gasteiger partial charge on any atom is -0.322 e. The van der Waals surface area contributed by atoms with Gasteiger partial charge in [0.2, 0.25) is 0 Å². The number of benzene rings is 1. The van der Waals surface area contributed by atoms with Gasteiger partial charge in [0.25, 0.3) is 0 Å². The van der Waals surface area contributed by atoms with Crippen molar-refractivity contribution < 1.29 is 0 Å². The highest BCUT2D eigenvalue weighted by Crippen LogP contribution is 2.32. The van der Waals surface area contributed by atoms with Gasteiger partial charge in [-0.2, -0.15) is 0 Å². The molecule has 0 aliphatic heterocycles. The lowest BCUT2D eigenvalue weighted by Crippen LogP contribution is -2.18. The molecular formula is C13H18N2S. The van der Waals surface area contributed by atoms with Gasteiger partial charge < -0.3 is 5.73 Å². The third-order valence-electron chi connectivity index (χ3n) is 2.46. The summed E-state index contributed by atoms with van der Waals surface area (Å²) in [5.74, 6) is 0. The van der Waals surface area contributed by atoms with E-state index in [2.05, 4.69) is 31.8 Å². The van der Waals surface area contributed by atoms with Crippen molar-refractivity contribution in [2.24, 2.45) is 11.1 Å². The van der Waals surface area contributed by atoms with Crippen LogP contribution in [0.15, 0.2) is 24.3 Å². The van der Waals surface area contributed by atoms with Gasteiger partial charge in [-0.05, 0) is 24.0 Å². The molecular weight excluding hydrogens is 216 g/mol. The Morgan fingerprint density at radius 2 is 2.00 bits per heavy atom. The van der Waals surface area contributed by atoms with E-state index >= 15 is 0 Å². The van der Waals surface area contributed by atoms with E-state index in [9.17, 15) is 0 Å². The van der Waals surface area contributed by atoms with Crippen molar-refractivity contribution in [2.75, 3.05) is 0 Å². The van der Waals surface area contributed by atoms with Gasteiger partial charge in [0.05, 0.1) is 16.3 Å². The van der Waals surface area contributed by atoms with E-state index in [1.807, 2.05) is 18.2 Å². The quantitative estimate of drug-likeness (QED) is 0.860. The second kappa shape index (κ2) is 4.15. The van der Waals surface area contributed by atoms with Crippen LogP contribution in [-0.4, -0.2) is 4.98 Å². The summed E-state index contributed by atoms with van der Waals surface area (Å²) < 4.78 is 1.22. The first-order chi connectivity index (χ1) is 7.46. The maximum Gasteiger partial charge on any atom is 0.111 e. The van der Waals surface area contributed by atoms with Crippen LogP contribution in [0.2, 0.25) is 0 Å². The maximum atomic E-state index is 6.19. The number of fused-ring (bicyclic) bond motifs is 1. The Balaban J connectivity index is 2.26. The van der Waals surface area contributed by atoms with Crippen LogP contribution < -0.4 is 5.73 Å². The molecule has 0 spiro atoms. The summed E-state index contributed by atoms with van der Waals surface area (Å²) in [4.78, 5) is 4.59. The Morgan fingerprint density at radius 3 is 2.62 bits per heavy atom. The number of hydrogen-bond acceptors (Lipinski definition) is 3. The molecule has 2 nitrogen and oxygen atoms in total. The number of aromatic nitrogens is 1. The number of thiazole rings is 1. The van der Waals surface area contributed by atoms with Gasteiger partial charge in [-0.3, -0.25) is 0 Å². The summed E-state index contributed by atoms with van der Waals surface area (Å²) in [6.07, 6.45) is 0.965. The van der Waals surface area contributed by atoms with Crippen molar-refractivity contribution in [2.45, 2.75) is 33.2 Å². The molecule has 0 bridgehead atoms. The lowest BCUT2D eigenvalue weighted by Gasteiger charge is -2.21. The molecule has 0 amide bonds. The number of para-hydroxylation sites is 1. The second-order valence-corrected chi connectivity index (χ2v) is 6.45. The zero-order valence-corrected chi connectivity index (χ0v) is 10.8. The molecule has 2 N–H and O–H groups in total. The highest BCUT2D eigenvalue weighted by molar-refractivity contribution is 7.18. The summed E-state index contributed by atoms with van der Waals surface area (Å²) >= 11 is 1.71. The lowest BCUT2D eigenvalue weighted by atomic mass is 9.89. The standard InChI is InChI=1S/C13H18N2S/c1-13(2,3)8-9(14)12-15-10-6-4-5-7-11(10)16-12/h4-7,9H,8,14H2,1-3H3. The first-order valence-electron chi connectivity index (χ1n) is 5.57. The van der Waals surface area contributed by atoms with Crippen molar-refractivity contribution in [1.29, 1.82) is 0 Å². The van der Waals surface area contributed by atoms with Crippen LogP contribution in [0, 0.1) is 5.41 Å². The molecule has 1 aromatic heterocycles. The second-order valence-electron chi connectivity index (χ2n) is 5.39. The maximum absolute atomic E-state index is 6.19. The van der Waals surface area contributed by atoms with Crippen LogP contribution in [0.4, 0.5) is 0 Å². The minimum atomic E-state index is 0.0531. The van der Waals surface area contributed by atoms with E-state index < -0.39 is 0 Å². The van der Waals surface area contributed by atoms with Crippen LogP contribution in [0.25, 0.3) is 10.2 Å². The monoisotopic (exact) mass is 234 g/mol. The highest BCUT2D eigenvalue weighted by Gasteiger charge is 2.19. The summed E-state index contributed by atoms with van der Waals surface area (Å²) in [6.45, 7) is 6.63. The molecule has 0 fully saturated rings. The van der Waals surface area contributed by atoms with Crippen molar-refractivity contribution in [3.05, 3.63) is 29.3 Å². The number of rotatable bonds is 2. The van der Waals surface area contributed by atoms with E-state index in [1.54, 1.807) is 11.3 Å². The highest BCUT2D eigenvalue weighted by atomic mass is 32.1. The zero-order chi connectivity index (χ0) is 11.8. The average Bonchev–Trinajstić information content (AvgIpc) is 2.58. The van der Waals surface area contributed by atoms with Gasteiger partial charge in [-0.15, -0.1) is 11.3 Å². The average molecular weight is 234 g/mol. The molecule has 1 atom stereocenters. The van der Waals surface area contributed by atoms with Gasteiger partial charge in [0, 0.05) is 0 Å². The van der Waals surface area contributed by atoms with E-state index in [0.29, 0.717) is 0 Å². The molecule has 2 aromatic rings. The molecule has 1 unspecified atom stereocenters. The molecule has 2 rings (SSSR count). The van der Waals surface area contributed by atoms with Crippen molar-refractivity contribution in [3.63, 3.8) is 0 Å². The molecule has 16 heavy (non-hydrogen) atoms. The minimum absolute atomic E-state index is 0.0531. The molecule has 0 aliphatic rings. The first-order valence-corrected chi connectivity index (χ1v) is 6.38. The van der Waals surface area contributed by atoms with Crippen LogP contribution in [0.5, 0.6) is 0 Å². The molecule has 1 heterocycles. The topological polar surface area (TPSA) is 38.9 Å². The van der Waals surface area contributed by atoms with Crippen molar-refractivity contribution >= 4 is 21.6 Å². The Morgan fingerprint density at radius 1 is 1.31 bits per heavy atom. The molecule has 0 radical (unpaired) electrons.